The summed E-state index contributed by atoms with van der Waals surface area (Å²) in [7, 11) is 0. The van der Waals surface area contributed by atoms with Crippen molar-refractivity contribution in [2.24, 2.45) is 0 Å². The molecule has 0 unspecified atom stereocenters. The Morgan fingerprint density at radius 1 is 0.739 bits per heavy atom. The van der Waals surface area contributed by atoms with E-state index in [1.54, 1.807) is 0 Å². The standard InChI is InChI=1S/C20H16O3/c21-19-15-8-4-5-9-16(15)20(22)18-12-14(10-11-17(18)19)23-13-6-2-1-3-7-13/h1-10,21-22H,11-12H2. The summed E-state index contributed by atoms with van der Waals surface area (Å²) in [5, 5.41) is 22.5. The third-order valence-electron chi connectivity index (χ3n) is 4.25. The molecule has 0 aromatic heterocycles. The van der Waals surface area contributed by atoms with Gasteiger partial charge in [0, 0.05) is 28.3 Å². The highest BCUT2D eigenvalue weighted by Crippen LogP contribution is 2.42. The molecular weight excluding hydrogens is 288 g/mol. The van der Waals surface area contributed by atoms with Gasteiger partial charge in [0.25, 0.3) is 0 Å². The molecule has 3 aromatic rings. The molecule has 0 saturated heterocycles. The average Bonchev–Trinajstić information content (AvgIpc) is 2.60. The van der Waals surface area contributed by atoms with Crippen LogP contribution in [-0.2, 0) is 12.8 Å². The molecule has 0 radical (unpaired) electrons. The summed E-state index contributed by atoms with van der Waals surface area (Å²) < 4.78 is 5.89. The molecule has 0 amide bonds. The van der Waals surface area contributed by atoms with Crippen molar-refractivity contribution in [3.05, 3.63) is 77.6 Å². The summed E-state index contributed by atoms with van der Waals surface area (Å²) in [5.74, 6) is 2.04. The van der Waals surface area contributed by atoms with E-state index in [1.807, 2.05) is 60.7 Å². The second-order valence-electron chi connectivity index (χ2n) is 5.67. The second kappa shape index (κ2) is 5.36. The van der Waals surface area contributed by atoms with Crippen molar-refractivity contribution < 1.29 is 14.9 Å². The Balaban J connectivity index is 1.75. The minimum absolute atomic E-state index is 0.232. The number of phenolic OH excluding ortho intramolecular Hbond substituents is 2. The highest BCUT2D eigenvalue weighted by molar-refractivity contribution is 5.95. The minimum Gasteiger partial charge on any atom is -0.507 e. The van der Waals surface area contributed by atoms with Gasteiger partial charge >= 0.3 is 0 Å². The van der Waals surface area contributed by atoms with Crippen LogP contribution in [0.5, 0.6) is 17.2 Å². The molecular formula is C20H16O3. The lowest BCUT2D eigenvalue weighted by molar-refractivity contribution is 0.399. The van der Waals surface area contributed by atoms with Crippen LogP contribution >= 0.6 is 0 Å². The maximum atomic E-state index is 10.6. The van der Waals surface area contributed by atoms with Gasteiger partial charge in [-0.1, -0.05) is 42.5 Å². The third kappa shape index (κ3) is 2.30. The normalized spacial score (nSPS) is 13.5. The van der Waals surface area contributed by atoms with Crippen molar-refractivity contribution in [3.63, 3.8) is 0 Å². The number of hydrogen-bond acceptors (Lipinski definition) is 3. The average molecular weight is 304 g/mol. The van der Waals surface area contributed by atoms with Gasteiger partial charge < -0.3 is 14.9 Å². The molecule has 3 heteroatoms. The van der Waals surface area contributed by atoms with Crippen molar-refractivity contribution in [1.29, 1.82) is 0 Å². The van der Waals surface area contributed by atoms with E-state index in [0.29, 0.717) is 23.6 Å². The first-order valence-electron chi connectivity index (χ1n) is 7.60. The number of rotatable bonds is 2. The summed E-state index contributed by atoms with van der Waals surface area (Å²) in [6, 6.07) is 16.9. The van der Waals surface area contributed by atoms with Crippen molar-refractivity contribution >= 4 is 10.8 Å². The Morgan fingerprint density at radius 2 is 1.35 bits per heavy atom. The van der Waals surface area contributed by atoms with Gasteiger partial charge in [-0.2, -0.15) is 0 Å². The molecule has 0 spiro atoms. The maximum Gasteiger partial charge on any atom is 0.127 e. The van der Waals surface area contributed by atoms with Crippen LogP contribution < -0.4 is 4.74 Å². The summed E-state index contributed by atoms with van der Waals surface area (Å²) in [5.41, 5.74) is 1.52. The quantitative estimate of drug-likeness (QED) is 0.693. The highest BCUT2D eigenvalue weighted by atomic mass is 16.5. The van der Waals surface area contributed by atoms with Crippen LogP contribution in [0.3, 0.4) is 0 Å². The Labute approximate surface area is 134 Å². The molecule has 3 aromatic carbocycles. The van der Waals surface area contributed by atoms with E-state index in [0.717, 1.165) is 22.6 Å². The van der Waals surface area contributed by atoms with Crippen LogP contribution in [0.4, 0.5) is 0 Å². The number of fused-ring (bicyclic) bond motifs is 2. The Hall–Kier alpha value is -2.94. The fraction of sp³-hybridized carbons (Fsp3) is 0.100. The molecule has 2 N–H and O–H groups in total. The lowest BCUT2D eigenvalue weighted by Gasteiger charge is -2.21. The SMILES string of the molecule is Oc1c2c(c(O)c3ccccc13)CC(Oc1ccccc1)=CC2. The summed E-state index contributed by atoms with van der Waals surface area (Å²) in [6.07, 6.45) is 2.97. The topological polar surface area (TPSA) is 49.7 Å². The number of para-hydroxylation sites is 1. The van der Waals surface area contributed by atoms with Gasteiger partial charge in [0.2, 0.25) is 0 Å². The Morgan fingerprint density at radius 3 is 2.04 bits per heavy atom. The van der Waals surface area contributed by atoms with Gasteiger partial charge in [0.1, 0.15) is 23.0 Å². The van der Waals surface area contributed by atoms with Gasteiger partial charge in [-0.25, -0.2) is 0 Å². The molecule has 114 valence electrons. The Bertz CT molecular complexity index is 911. The monoisotopic (exact) mass is 304 g/mol. The van der Waals surface area contributed by atoms with Gasteiger partial charge in [-0.05, 0) is 24.6 Å². The fourth-order valence-electron chi connectivity index (χ4n) is 3.10. The Kier molecular flexibility index (Phi) is 3.19. The smallest absolute Gasteiger partial charge is 0.127 e. The van der Waals surface area contributed by atoms with E-state index in [9.17, 15) is 10.2 Å². The first-order valence-corrected chi connectivity index (χ1v) is 7.60. The van der Waals surface area contributed by atoms with Gasteiger partial charge in [0.05, 0.1) is 0 Å². The first-order chi connectivity index (χ1) is 11.2. The molecule has 3 nitrogen and oxygen atoms in total. The number of ether oxygens (including phenoxy) is 1. The van der Waals surface area contributed by atoms with E-state index >= 15 is 0 Å². The van der Waals surface area contributed by atoms with Crippen molar-refractivity contribution in [3.8, 4) is 17.2 Å². The maximum absolute atomic E-state index is 10.6. The zero-order valence-electron chi connectivity index (χ0n) is 12.5. The highest BCUT2D eigenvalue weighted by Gasteiger charge is 2.22. The van der Waals surface area contributed by atoms with Gasteiger partial charge in [0.15, 0.2) is 0 Å². The molecule has 0 atom stereocenters. The predicted molar refractivity (Wildman–Crippen MR) is 89.8 cm³/mol. The lowest BCUT2D eigenvalue weighted by Crippen LogP contribution is -2.09. The molecule has 1 aliphatic rings. The number of aromatic hydroxyl groups is 2. The number of hydrogen-bond donors (Lipinski definition) is 2. The van der Waals surface area contributed by atoms with Crippen LogP contribution in [0.25, 0.3) is 10.8 Å². The van der Waals surface area contributed by atoms with E-state index < -0.39 is 0 Å². The molecule has 1 aliphatic carbocycles. The lowest BCUT2D eigenvalue weighted by atomic mass is 9.90. The molecule has 0 fully saturated rings. The zero-order chi connectivity index (χ0) is 15.8. The van der Waals surface area contributed by atoms with E-state index in [4.69, 9.17) is 4.74 Å². The molecule has 23 heavy (non-hydrogen) atoms. The minimum atomic E-state index is 0.232. The largest absolute Gasteiger partial charge is 0.507 e. The molecule has 0 heterocycles. The van der Waals surface area contributed by atoms with Crippen molar-refractivity contribution in [2.45, 2.75) is 12.8 Å². The van der Waals surface area contributed by atoms with Crippen LogP contribution in [0.1, 0.15) is 11.1 Å². The van der Waals surface area contributed by atoms with E-state index in [1.165, 1.54) is 0 Å². The second-order valence-corrected chi connectivity index (χ2v) is 5.67. The predicted octanol–water partition coefficient (Wildman–Crippen LogP) is 4.31. The molecule has 0 aliphatic heterocycles. The number of allylic oxidation sites excluding steroid dienone is 2. The summed E-state index contributed by atoms with van der Waals surface area (Å²) in [4.78, 5) is 0. The molecule has 4 rings (SSSR count). The van der Waals surface area contributed by atoms with E-state index in [2.05, 4.69) is 0 Å². The van der Waals surface area contributed by atoms with Crippen molar-refractivity contribution in [2.75, 3.05) is 0 Å². The van der Waals surface area contributed by atoms with Crippen LogP contribution in [0.15, 0.2) is 66.4 Å². The first kappa shape index (κ1) is 13.7. The van der Waals surface area contributed by atoms with Gasteiger partial charge in [-0.3, -0.25) is 0 Å². The van der Waals surface area contributed by atoms with Gasteiger partial charge in [-0.15, -0.1) is 0 Å². The summed E-state index contributed by atoms with van der Waals surface area (Å²) in [6.45, 7) is 0. The molecule has 0 saturated carbocycles. The third-order valence-corrected chi connectivity index (χ3v) is 4.25. The summed E-state index contributed by atoms with van der Waals surface area (Å²) >= 11 is 0. The fourth-order valence-corrected chi connectivity index (χ4v) is 3.10. The number of benzene rings is 3. The van der Waals surface area contributed by atoms with Crippen LogP contribution in [0, 0.1) is 0 Å². The zero-order valence-corrected chi connectivity index (χ0v) is 12.5. The molecule has 0 bridgehead atoms. The number of phenols is 2. The van der Waals surface area contributed by atoms with Crippen molar-refractivity contribution in [1.82, 2.24) is 0 Å². The van der Waals surface area contributed by atoms with Crippen LogP contribution in [-0.4, -0.2) is 10.2 Å². The van der Waals surface area contributed by atoms with Crippen LogP contribution in [0.2, 0.25) is 0 Å². The van der Waals surface area contributed by atoms with E-state index in [-0.39, 0.29) is 11.5 Å².